The Morgan fingerprint density at radius 3 is 1.22 bits per heavy atom. The summed E-state index contributed by atoms with van der Waals surface area (Å²) in [5, 5.41) is 11.2. The molecule has 5 nitrogen and oxygen atoms in total. The highest BCUT2D eigenvalue weighted by Gasteiger charge is 2.97. The summed E-state index contributed by atoms with van der Waals surface area (Å²) in [6, 6.07) is 0. The molecule has 0 rings (SSSR count). The number of rotatable bonds is 14. The molecule has 0 aromatic rings. The number of aliphatic carboxylic acids is 1. The molecule has 0 heterocycles. The van der Waals surface area contributed by atoms with E-state index in [4.69, 9.17) is 0 Å². The fourth-order valence-corrected chi connectivity index (χ4v) is 2.75. The summed E-state index contributed by atoms with van der Waals surface area (Å²) >= 11 is 0. The number of hydrogen-bond acceptors (Lipinski definition) is 3. The van der Waals surface area contributed by atoms with Gasteiger partial charge in [-0.15, -0.1) is 0 Å². The van der Waals surface area contributed by atoms with Crippen LogP contribution in [0.25, 0.3) is 0 Å². The third-order valence-electron chi connectivity index (χ3n) is 5.18. The molecule has 0 bridgehead atoms. The number of quaternary nitrogens is 1. The van der Waals surface area contributed by atoms with Crippen LogP contribution in [-0.4, -0.2) is 104 Å². The lowest BCUT2D eigenvalue weighted by atomic mass is 9.87. The van der Waals surface area contributed by atoms with Crippen LogP contribution in [0.2, 0.25) is 0 Å². The van der Waals surface area contributed by atoms with Crippen molar-refractivity contribution in [2.45, 2.75) is 60.0 Å². The molecule has 0 saturated carbocycles. The molecule has 0 spiro atoms. The van der Waals surface area contributed by atoms with Gasteiger partial charge in [-0.2, -0.15) is 83.4 Å². The highest BCUT2D eigenvalue weighted by atomic mass is 19.4. The molecule has 0 radical (unpaired) electrons. The summed E-state index contributed by atoms with van der Waals surface area (Å²) in [5.41, 5.74) is 0. The average molecular weight is 656 g/mol. The Morgan fingerprint density at radius 1 is 0.585 bits per heavy atom. The van der Waals surface area contributed by atoms with Gasteiger partial charge >= 0.3 is 53.6 Å². The minimum atomic E-state index is -9.07. The summed E-state index contributed by atoms with van der Waals surface area (Å²) in [6.45, 7) is -2.51. The first-order chi connectivity index (χ1) is 17.5. The van der Waals surface area contributed by atoms with Gasteiger partial charge in [0.05, 0.1) is 26.6 Å². The van der Waals surface area contributed by atoms with Crippen LogP contribution in [-0.2, 0) is 9.59 Å². The number of nitrogens with zero attached hydrogens (tertiary/aromatic N) is 1. The Labute approximate surface area is 214 Å². The third-order valence-corrected chi connectivity index (χ3v) is 5.18. The van der Waals surface area contributed by atoms with Crippen LogP contribution >= 0.6 is 0 Å². The van der Waals surface area contributed by atoms with Crippen LogP contribution in [0.3, 0.4) is 0 Å². The number of nitrogens with one attached hydrogen (secondary N) is 1. The molecule has 0 atom stereocenters. The first-order valence-corrected chi connectivity index (χ1v) is 9.94. The standard InChI is InChI=1S/C17H15F19N2O3/c1-38(2,6-7(39)40)5-3-4-37-8(41)9(18,19)10(20,21)11(22,23)12(24,25)13(26,27)14(28,29)15(30,31)16(32,33)17(34,35)36/h3-6H2,1-2H3,(H-,37,39,40,41). The SMILES string of the molecule is C[N+](C)(CCCNC(=O)C(F)(F)C(F)(F)C(F)(F)C(F)(F)C(F)(F)C(F)(F)C(F)(F)C(F)(F)C(F)(F)F)CC(=O)[O-]. The van der Waals surface area contributed by atoms with Gasteiger partial charge in [0.25, 0.3) is 5.91 Å². The van der Waals surface area contributed by atoms with Crippen molar-refractivity contribution < 1.29 is 103 Å². The molecular formula is C17H15F19N2O3. The van der Waals surface area contributed by atoms with Gasteiger partial charge in [0.2, 0.25) is 0 Å². The summed E-state index contributed by atoms with van der Waals surface area (Å²) in [5.74, 6) is -74.0. The molecule has 0 aromatic heterocycles. The fourth-order valence-electron chi connectivity index (χ4n) is 2.75. The first kappa shape index (κ1) is 38.6. The van der Waals surface area contributed by atoms with Gasteiger partial charge in [-0.3, -0.25) is 4.79 Å². The van der Waals surface area contributed by atoms with E-state index in [1.54, 1.807) is 0 Å². The number of carbonyl (C=O) groups is 2. The second-order valence-electron chi connectivity index (χ2n) is 8.89. The summed E-state index contributed by atoms with van der Waals surface area (Å²) < 4.78 is 251. The Hall–Kier alpha value is -2.43. The van der Waals surface area contributed by atoms with Crippen LogP contribution in [0.5, 0.6) is 0 Å². The number of halogens is 19. The van der Waals surface area contributed by atoms with Crippen molar-refractivity contribution in [3.05, 3.63) is 0 Å². The minimum Gasteiger partial charge on any atom is -0.544 e. The summed E-state index contributed by atoms with van der Waals surface area (Å²) in [7, 11) is 2.26. The lowest BCUT2D eigenvalue weighted by Gasteiger charge is -2.43. The smallest absolute Gasteiger partial charge is 0.460 e. The number of carbonyl (C=O) groups excluding carboxylic acids is 2. The minimum absolute atomic E-state index is 0.442. The van der Waals surface area contributed by atoms with Crippen molar-refractivity contribution in [1.29, 1.82) is 0 Å². The zero-order chi connectivity index (χ0) is 33.7. The molecule has 0 aliphatic carbocycles. The maximum absolute atomic E-state index is 13.8. The van der Waals surface area contributed by atoms with Crippen LogP contribution in [0.15, 0.2) is 0 Å². The van der Waals surface area contributed by atoms with E-state index >= 15 is 0 Å². The van der Waals surface area contributed by atoms with Crippen molar-refractivity contribution >= 4 is 11.9 Å². The van der Waals surface area contributed by atoms with E-state index in [-0.39, 0.29) is 0 Å². The molecule has 0 aliphatic rings. The Morgan fingerprint density at radius 2 is 0.902 bits per heavy atom. The number of carboxylic acids is 1. The van der Waals surface area contributed by atoms with E-state index in [9.17, 15) is 98.1 Å². The summed E-state index contributed by atoms with van der Waals surface area (Å²) in [6.07, 6.45) is -8.64. The summed E-state index contributed by atoms with van der Waals surface area (Å²) in [4.78, 5) is 21.8. The van der Waals surface area contributed by atoms with E-state index in [0.717, 1.165) is 14.1 Å². The number of likely N-dealkylation sites (N-methyl/N-ethyl adjacent to an activating group) is 1. The molecule has 41 heavy (non-hydrogen) atoms. The number of hydrogen-bond donors (Lipinski definition) is 1. The Bertz CT molecular complexity index is 974. The van der Waals surface area contributed by atoms with E-state index in [1.807, 2.05) is 0 Å². The molecule has 0 aliphatic heterocycles. The van der Waals surface area contributed by atoms with Crippen LogP contribution in [0, 0.1) is 0 Å². The predicted octanol–water partition coefficient (Wildman–Crippen LogP) is 3.96. The molecule has 0 fully saturated rings. The highest BCUT2D eigenvalue weighted by molar-refractivity contribution is 5.84. The van der Waals surface area contributed by atoms with Gasteiger partial charge in [-0.05, 0) is 0 Å². The number of amides is 1. The molecule has 1 N–H and O–H groups in total. The van der Waals surface area contributed by atoms with Gasteiger partial charge in [-0.25, -0.2) is 0 Å². The van der Waals surface area contributed by atoms with Crippen LogP contribution in [0.4, 0.5) is 83.4 Å². The first-order valence-electron chi connectivity index (χ1n) is 9.94. The predicted molar refractivity (Wildman–Crippen MR) is 90.1 cm³/mol. The van der Waals surface area contributed by atoms with Gasteiger partial charge in [0.15, 0.2) is 0 Å². The van der Waals surface area contributed by atoms with Gasteiger partial charge in [0, 0.05) is 13.0 Å². The largest absolute Gasteiger partial charge is 0.544 e. The maximum atomic E-state index is 13.8. The molecule has 0 saturated heterocycles. The van der Waals surface area contributed by atoms with E-state index in [0.29, 0.717) is 5.32 Å². The molecule has 0 unspecified atom stereocenters. The molecule has 24 heteroatoms. The second-order valence-corrected chi connectivity index (χ2v) is 8.89. The molecule has 1 amide bonds. The van der Waals surface area contributed by atoms with Gasteiger partial charge in [-0.1, -0.05) is 0 Å². The molecule has 244 valence electrons. The Kier molecular flexibility index (Phi) is 10.1. The van der Waals surface area contributed by atoms with Crippen molar-refractivity contribution in [1.82, 2.24) is 5.32 Å². The van der Waals surface area contributed by atoms with Gasteiger partial charge in [0.1, 0.15) is 6.54 Å². The van der Waals surface area contributed by atoms with Crippen molar-refractivity contribution in [2.24, 2.45) is 0 Å². The van der Waals surface area contributed by atoms with Crippen LogP contribution < -0.4 is 10.4 Å². The van der Waals surface area contributed by atoms with Crippen molar-refractivity contribution in [3.63, 3.8) is 0 Å². The third kappa shape index (κ3) is 6.06. The lowest BCUT2D eigenvalue weighted by Crippen LogP contribution is -2.76. The Balaban J connectivity index is 6.37. The van der Waals surface area contributed by atoms with Crippen LogP contribution in [0.1, 0.15) is 6.42 Å². The second kappa shape index (κ2) is 10.7. The lowest BCUT2D eigenvalue weighted by molar-refractivity contribution is -0.884. The normalized spacial score (nSPS) is 15.6. The quantitative estimate of drug-likeness (QED) is 0.175. The monoisotopic (exact) mass is 656 g/mol. The fraction of sp³-hybridized carbons (Fsp3) is 0.882. The number of alkyl halides is 19. The van der Waals surface area contributed by atoms with E-state index < -0.39 is 96.0 Å². The van der Waals surface area contributed by atoms with E-state index in [2.05, 4.69) is 0 Å². The number of carboxylic acid groups (broad SMARTS) is 1. The maximum Gasteiger partial charge on any atom is 0.460 e. The highest BCUT2D eigenvalue weighted by Crippen LogP contribution is 2.65. The zero-order valence-electron chi connectivity index (χ0n) is 19.7. The topological polar surface area (TPSA) is 69.2 Å². The van der Waals surface area contributed by atoms with E-state index in [1.165, 1.54) is 0 Å². The zero-order valence-corrected chi connectivity index (χ0v) is 19.7. The van der Waals surface area contributed by atoms with Crippen molar-refractivity contribution in [2.75, 3.05) is 33.7 Å². The average Bonchev–Trinajstić information content (AvgIpc) is 2.73. The molecular weight excluding hydrogens is 641 g/mol. The van der Waals surface area contributed by atoms with Gasteiger partial charge < -0.3 is 19.7 Å². The molecule has 0 aromatic carbocycles. The van der Waals surface area contributed by atoms with Crippen molar-refractivity contribution in [3.8, 4) is 0 Å².